The van der Waals surface area contributed by atoms with Gasteiger partial charge in [0.1, 0.15) is 5.82 Å². The van der Waals surface area contributed by atoms with Crippen LogP contribution in [0.3, 0.4) is 0 Å². The van der Waals surface area contributed by atoms with Gasteiger partial charge in [-0.1, -0.05) is 6.07 Å². The van der Waals surface area contributed by atoms with Crippen LogP contribution < -0.4 is 5.14 Å². The van der Waals surface area contributed by atoms with E-state index in [1.165, 1.54) is 0 Å². The van der Waals surface area contributed by atoms with Gasteiger partial charge in [0.2, 0.25) is 10.0 Å². The predicted octanol–water partition coefficient (Wildman–Crippen LogP) is 2.74. The van der Waals surface area contributed by atoms with Gasteiger partial charge in [-0.05, 0) is 17.7 Å². The number of hydrogen-bond donors (Lipinski definition) is 1. The van der Waals surface area contributed by atoms with Crippen LogP contribution in [0.5, 0.6) is 0 Å². The van der Waals surface area contributed by atoms with Gasteiger partial charge in [0, 0.05) is 0 Å². The maximum atomic E-state index is 12.9. The van der Waals surface area contributed by atoms with Gasteiger partial charge in [-0.25, -0.2) is 17.9 Å². The minimum atomic E-state index is -5.44. The van der Waals surface area contributed by atoms with E-state index in [1.54, 1.807) is 0 Å². The van der Waals surface area contributed by atoms with Crippen LogP contribution in [0.4, 0.5) is 30.7 Å². The van der Waals surface area contributed by atoms with Crippen LogP contribution in [0, 0.1) is 5.82 Å². The van der Waals surface area contributed by atoms with Crippen molar-refractivity contribution in [3.8, 4) is 0 Å². The van der Waals surface area contributed by atoms with Crippen LogP contribution in [-0.4, -0.2) is 14.6 Å². The van der Waals surface area contributed by atoms with Gasteiger partial charge >= 0.3 is 12.4 Å². The summed E-state index contributed by atoms with van der Waals surface area (Å²) in [4.78, 5) is 0. The summed E-state index contributed by atoms with van der Waals surface area (Å²) in [6, 6.07) is 0.160. The minimum absolute atomic E-state index is 0.0993. The fourth-order valence-electron chi connectivity index (χ4n) is 1.49. The Hall–Kier alpha value is -1.36. The molecule has 2 N–H and O–H groups in total. The number of nitrogens with two attached hydrogens (primary N) is 1. The number of alkyl halides is 6. The van der Waals surface area contributed by atoms with E-state index in [4.69, 9.17) is 0 Å². The number of benzene rings is 1. The molecule has 0 fully saturated rings. The summed E-state index contributed by atoms with van der Waals surface area (Å²) >= 11 is 0. The molecular weight excluding hydrogens is 319 g/mol. The Morgan fingerprint density at radius 3 is 1.90 bits per heavy atom. The highest BCUT2D eigenvalue weighted by Crippen LogP contribution is 2.40. The molecule has 0 aliphatic rings. The second kappa shape index (κ2) is 4.88. The molecule has 0 heterocycles. The fourth-order valence-corrected chi connectivity index (χ4v) is 2.39. The van der Waals surface area contributed by atoms with Gasteiger partial charge in [-0.15, -0.1) is 0 Å². The molecule has 0 spiro atoms. The fraction of sp³-hybridized carbons (Fsp3) is 0.333. The van der Waals surface area contributed by atoms with Gasteiger partial charge < -0.3 is 0 Å². The Labute approximate surface area is 108 Å². The maximum absolute atomic E-state index is 12.9. The van der Waals surface area contributed by atoms with Crippen molar-refractivity contribution in [1.29, 1.82) is 0 Å². The van der Waals surface area contributed by atoms with Crippen LogP contribution in [0.2, 0.25) is 0 Å². The first-order chi connectivity index (χ1) is 8.74. The number of sulfonamides is 1. The average Bonchev–Trinajstić information content (AvgIpc) is 2.14. The Morgan fingerprint density at radius 2 is 1.55 bits per heavy atom. The summed E-state index contributed by atoms with van der Waals surface area (Å²) < 4.78 is 110. The SMILES string of the molecule is NS(=O)(=O)C(c1ccc(F)c(C(F)(F)F)c1)C(F)(F)F. The van der Waals surface area contributed by atoms with Crippen molar-refractivity contribution in [2.24, 2.45) is 5.14 Å². The molecule has 114 valence electrons. The third-order valence-electron chi connectivity index (χ3n) is 2.22. The van der Waals surface area contributed by atoms with Crippen LogP contribution in [-0.2, 0) is 16.2 Å². The van der Waals surface area contributed by atoms with Crippen molar-refractivity contribution in [1.82, 2.24) is 0 Å². The van der Waals surface area contributed by atoms with Crippen molar-refractivity contribution < 1.29 is 39.2 Å². The van der Waals surface area contributed by atoms with Crippen molar-refractivity contribution in [2.75, 3.05) is 0 Å². The van der Waals surface area contributed by atoms with Gasteiger partial charge in [-0.3, -0.25) is 0 Å². The number of hydrogen-bond acceptors (Lipinski definition) is 2. The predicted molar refractivity (Wildman–Crippen MR) is 53.3 cm³/mol. The van der Waals surface area contributed by atoms with Crippen molar-refractivity contribution >= 4 is 10.0 Å². The Bertz CT molecular complexity index is 606. The molecule has 0 aliphatic heterocycles. The summed E-state index contributed by atoms with van der Waals surface area (Å²) in [7, 11) is -5.27. The van der Waals surface area contributed by atoms with Crippen LogP contribution in [0.25, 0.3) is 0 Å². The standard InChI is InChI=1S/C9H6F7NO2S/c10-6-2-1-4(3-5(6)8(11,12)13)7(9(14,15)16)20(17,18)19/h1-3,7H,(H2,17,18,19). The molecule has 20 heavy (non-hydrogen) atoms. The molecule has 0 radical (unpaired) electrons. The van der Waals surface area contributed by atoms with Crippen LogP contribution in [0.15, 0.2) is 18.2 Å². The summed E-state index contributed by atoms with van der Waals surface area (Å²) in [6.45, 7) is 0. The zero-order valence-corrected chi connectivity index (χ0v) is 10.1. The molecule has 1 aromatic rings. The highest BCUT2D eigenvalue weighted by molar-refractivity contribution is 7.89. The van der Waals surface area contributed by atoms with E-state index >= 15 is 0 Å². The van der Waals surface area contributed by atoms with E-state index in [2.05, 4.69) is 5.14 Å². The highest BCUT2D eigenvalue weighted by Gasteiger charge is 2.49. The molecular formula is C9H6F7NO2S. The lowest BCUT2D eigenvalue weighted by molar-refractivity contribution is -0.141. The van der Waals surface area contributed by atoms with Crippen molar-refractivity contribution in [3.05, 3.63) is 35.1 Å². The van der Waals surface area contributed by atoms with Crippen molar-refractivity contribution in [3.63, 3.8) is 0 Å². The summed E-state index contributed by atoms with van der Waals surface area (Å²) in [5, 5.41) is 1.01. The van der Waals surface area contributed by atoms with Crippen LogP contribution >= 0.6 is 0 Å². The molecule has 1 atom stereocenters. The maximum Gasteiger partial charge on any atom is 0.419 e. The average molecular weight is 325 g/mol. The first kappa shape index (κ1) is 16.7. The van der Waals surface area contributed by atoms with Crippen LogP contribution in [0.1, 0.15) is 16.4 Å². The smallest absolute Gasteiger partial charge is 0.228 e. The molecule has 3 nitrogen and oxygen atoms in total. The zero-order valence-electron chi connectivity index (χ0n) is 9.26. The number of primary sulfonamides is 1. The molecule has 0 bridgehead atoms. The molecule has 0 aromatic heterocycles. The van der Waals surface area contributed by atoms with E-state index in [9.17, 15) is 39.2 Å². The topological polar surface area (TPSA) is 60.2 Å². The molecule has 0 saturated heterocycles. The largest absolute Gasteiger partial charge is 0.419 e. The van der Waals surface area contributed by atoms with Gasteiger partial charge in [0.25, 0.3) is 0 Å². The van der Waals surface area contributed by atoms with E-state index in [0.717, 1.165) is 0 Å². The van der Waals surface area contributed by atoms with Gasteiger partial charge in [-0.2, -0.15) is 26.3 Å². The molecule has 0 amide bonds. The Balaban J connectivity index is 3.53. The molecule has 1 aromatic carbocycles. The number of rotatable bonds is 2. The third kappa shape index (κ3) is 3.60. The molecule has 11 heteroatoms. The zero-order chi connectivity index (χ0) is 15.9. The minimum Gasteiger partial charge on any atom is -0.228 e. The molecule has 1 unspecified atom stereocenters. The first-order valence-electron chi connectivity index (χ1n) is 4.69. The monoisotopic (exact) mass is 325 g/mol. The lowest BCUT2D eigenvalue weighted by Gasteiger charge is -2.19. The van der Waals surface area contributed by atoms with Crippen molar-refractivity contribution in [2.45, 2.75) is 17.6 Å². The molecule has 1 rings (SSSR count). The quantitative estimate of drug-likeness (QED) is 0.850. The Morgan fingerprint density at radius 1 is 1.05 bits per heavy atom. The van der Waals surface area contributed by atoms with Gasteiger partial charge in [0.05, 0.1) is 5.56 Å². The summed E-state index contributed by atoms with van der Waals surface area (Å²) in [6.07, 6.45) is -10.7. The third-order valence-corrected chi connectivity index (χ3v) is 3.42. The lowest BCUT2D eigenvalue weighted by atomic mass is 10.1. The van der Waals surface area contributed by atoms with E-state index in [0.29, 0.717) is 0 Å². The second-order valence-corrected chi connectivity index (χ2v) is 5.40. The molecule has 0 aliphatic carbocycles. The first-order valence-corrected chi connectivity index (χ1v) is 6.30. The highest BCUT2D eigenvalue weighted by atomic mass is 32.2. The van der Waals surface area contributed by atoms with E-state index in [-0.39, 0.29) is 18.2 Å². The molecule has 0 saturated carbocycles. The van der Waals surface area contributed by atoms with Gasteiger partial charge in [0.15, 0.2) is 5.25 Å². The normalized spacial score (nSPS) is 15.2. The lowest BCUT2D eigenvalue weighted by Crippen LogP contribution is -2.33. The second-order valence-electron chi connectivity index (χ2n) is 3.75. The summed E-state index contributed by atoms with van der Waals surface area (Å²) in [5.41, 5.74) is -3.32. The van der Waals surface area contributed by atoms with E-state index in [1.807, 2.05) is 0 Å². The number of halogens is 7. The summed E-state index contributed by atoms with van der Waals surface area (Å²) in [5.74, 6) is -1.82. The van der Waals surface area contributed by atoms with E-state index < -0.39 is 44.6 Å². The Kier molecular flexibility index (Phi) is 4.07.